The van der Waals surface area contributed by atoms with Gasteiger partial charge in [0.1, 0.15) is 0 Å². The zero-order valence-electron chi connectivity index (χ0n) is 11.7. The minimum atomic E-state index is -5.34. The van der Waals surface area contributed by atoms with E-state index in [9.17, 15) is 21.6 Å². The predicted octanol–water partition coefficient (Wildman–Crippen LogP) is 3.97. The van der Waals surface area contributed by atoms with E-state index in [1.54, 1.807) is 0 Å². The Morgan fingerprint density at radius 3 is 2.33 bits per heavy atom. The number of sulfone groups is 1. The first-order valence-electron chi connectivity index (χ1n) is 6.90. The van der Waals surface area contributed by atoms with Gasteiger partial charge < -0.3 is 5.32 Å². The molecule has 21 heavy (non-hydrogen) atoms. The lowest BCUT2D eigenvalue weighted by atomic mass is 9.99. The van der Waals surface area contributed by atoms with E-state index >= 15 is 0 Å². The molecule has 2 rings (SSSR count). The summed E-state index contributed by atoms with van der Waals surface area (Å²) in [6.45, 7) is 1.88. The van der Waals surface area contributed by atoms with E-state index in [-0.39, 0.29) is 11.7 Å². The highest BCUT2D eigenvalue weighted by atomic mass is 32.2. The SMILES string of the molecule is CC(Nc1ccccc1S(=O)(=O)C(F)(F)F)C1CCCC1. The van der Waals surface area contributed by atoms with Crippen LogP contribution in [0.2, 0.25) is 0 Å². The molecule has 1 aromatic carbocycles. The van der Waals surface area contributed by atoms with Gasteiger partial charge in [0.15, 0.2) is 0 Å². The maximum atomic E-state index is 12.7. The third kappa shape index (κ3) is 3.33. The maximum Gasteiger partial charge on any atom is 0.501 e. The van der Waals surface area contributed by atoms with Crippen molar-refractivity contribution in [2.75, 3.05) is 5.32 Å². The van der Waals surface area contributed by atoms with Gasteiger partial charge in [0.05, 0.1) is 10.6 Å². The van der Waals surface area contributed by atoms with Crippen LogP contribution in [0.4, 0.5) is 18.9 Å². The van der Waals surface area contributed by atoms with Crippen LogP contribution in [0.3, 0.4) is 0 Å². The van der Waals surface area contributed by atoms with Crippen molar-refractivity contribution < 1.29 is 21.6 Å². The molecule has 0 amide bonds. The van der Waals surface area contributed by atoms with Gasteiger partial charge in [-0.25, -0.2) is 8.42 Å². The molecule has 1 saturated carbocycles. The summed E-state index contributed by atoms with van der Waals surface area (Å²) >= 11 is 0. The van der Waals surface area contributed by atoms with Gasteiger partial charge in [0.25, 0.3) is 9.84 Å². The third-order valence-electron chi connectivity index (χ3n) is 3.97. The zero-order chi connectivity index (χ0) is 15.7. The van der Waals surface area contributed by atoms with E-state index in [0.717, 1.165) is 31.7 Å². The monoisotopic (exact) mass is 321 g/mol. The highest BCUT2D eigenvalue weighted by molar-refractivity contribution is 7.92. The van der Waals surface area contributed by atoms with Gasteiger partial charge in [-0.15, -0.1) is 0 Å². The van der Waals surface area contributed by atoms with Gasteiger partial charge in [0, 0.05) is 6.04 Å². The number of halogens is 3. The fraction of sp³-hybridized carbons (Fsp3) is 0.571. The molecule has 0 bridgehead atoms. The summed E-state index contributed by atoms with van der Waals surface area (Å²) in [5.41, 5.74) is -5.27. The number of nitrogens with one attached hydrogen (secondary N) is 1. The van der Waals surface area contributed by atoms with E-state index < -0.39 is 20.2 Å². The molecule has 0 heterocycles. The molecule has 0 aromatic heterocycles. The van der Waals surface area contributed by atoms with E-state index in [1.807, 2.05) is 6.92 Å². The van der Waals surface area contributed by atoms with Gasteiger partial charge in [-0.1, -0.05) is 25.0 Å². The molecule has 1 atom stereocenters. The Labute approximate surface area is 122 Å². The van der Waals surface area contributed by atoms with Crippen molar-refractivity contribution in [3.63, 3.8) is 0 Å². The second-order valence-electron chi connectivity index (χ2n) is 5.42. The first-order chi connectivity index (χ1) is 9.73. The number of benzene rings is 1. The Bertz CT molecular complexity index is 592. The Hall–Kier alpha value is -1.24. The molecule has 0 radical (unpaired) electrons. The second kappa shape index (κ2) is 5.87. The molecule has 1 aliphatic rings. The van der Waals surface area contributed by atoms with Crippen LogP contribution >= 0.6 is 0 Å². The Morgan fingerprint density at radius 1 is 1.19 bits per heavy atom. The summed E-state index contributed by atoms with van der Waals surface area (Å²) in [6.07, 6.45) is 4.25. The predicted molar refractivity (Wildman–Crippen MR) is 74.7 cm³/mol. The van der Waals surface area contributed by atoms with Gasteiger partial charge >= 0.3 is 5.51 Å². The Kier molecular flexibility index (Phi) is 4.51. The van der Waals surface area contributed by atoms with Crippen LogP contribution in [0.15, 0.2) is 29.2 Å². The second-order valence-corrected chi connectivity index (χ2v) is 7.33. The van der Waals surface area contributed by atoms with Gasteiger partial charge in [-0.05, 0) is 37.8 Å². The van der Waals surface area contributed by atoms with Gasteiger partial charge in [0.2, 0.25) is 0 Å². The van der Waals surface area contributed by atoms with Gasteiger partial charge in [-0.3, -0.25) is 0 Å². The lowest BCUT2D eigenvalue weighted by molar-refractivity contribution is -0.0435. The van der Waals surface area contributed by atoms with Crippen LogP contribution in [0.5, 0.6) is 0 Å². The topological polar surface area (TPSA) is 46.2 Å². The van der Waals surface area contributed by atoms with Crippen LogP contribution in [0, 0.1) is 5.92 Å². The molecule has 1 unspecified atom stereocenters. The van der Waals surface area contributed by atoms with E-state index in [0.29, 0.717) is 5.92 Å². The van der Waals surface area contributed by atoms with Crippen LogP contribution < -0.4 is 5.32 Å². The number of hydrogen-bond acceptors (Lipinski definition) is 3. The van der Waals surface area contributed by atoms with E-state index in [4.69, 9.17) is 0 Å². The quantitative estimate of drug-likeness (QED) is 0.912. The number of rotatable bonds is 4. The summed E-state index contributed by atoms with van der Waals surface area (Å²) < 4.78 is 61.4. The third-order valence-corrected chi connectivity index (χ3v) is 5.52. The average Bonchev–Trinajstić information content (AvgIpc) is 2.91. The number of hydrogen-bond donors (Lipinski definition) is 1. The molecule has 0 spiro atoms. The number of anilines is 1. The molecule has 0 saturated heterocycles. The molecular weight excluding hydrogens is 303 g/mol. The Morgan fingerprint density at radius 2 is 1.76 bits per heavy atom. The minimum absolute atomic E-state index is 0.0224. The summed E-state index contributed by atoms with van der Waals surface area (Å²) in [4.78, 5) is -0.706. The van der Waals surface area contributed by atoms with Crippen LogP contribution in [0.1, 0.15) is 32.6 Å². The average molecular weight is 321 g/mol. The molecule has 118 valence electrons. The lowest BCUT2D eigenvalue weighted by Gasteiger charge is -2.23. The normalized spacial score (nSPS) is 18.7. The van der Waals surface area contributed by atoms with Crippen molar-refractivity contribution in [1.82, 2.24) is 0 Å². The zero-order valence-corrected chi connectivity index (χ0v) is 12.5. The smallest absolute Gasteiger partial charge is 0.381 e. The molecular formula is C14H18F3NO2S. The molecule has 1 aromatic rings. The standard InChI is InChI=1S/C14H18F3NO2S/c1-10(11-6-2-3-7-11)18-12-8-4-5-9-13(12)21(19,20)14(15,16)17/h4-5,8-11,18H,2-3,6-7H2,1H3. The number of alkyl halides is 3. The summed E-state index contributed by atoms with van der Waals surface area (Å²) in [6, 6.07) is 5.14. The summed E-state index contributed by atoms with van der Waals surface area (Å²) in [5.74, 6) is 0.367. The summed E-state index contributed by atoms with van der Waals surface area (Å²) in [5, 5.41) is 2.95. The van der Waals surface area contributed by atoms with Gasteiger partial charge in [-0.2, -0.15) is 13.2 Å². The highest BCUT2D eigenvalue weighted by Gasteiger charge is 2.48. The van der Waals surface area contributed by atoms with Crippen LogP contribution in [-0.4, -0.2) is 20.0 Å². The first kappa shape index (κ1) is 16.1. The molecule has 1 aliphatic carbocycles. The summed E-state index contributed by atoms with van der Waals surface area (Å²) in [7, 11) is -5.34. The molecule has 7 heteroatoms. The van der Waals surface area contributed by atoms with Crippen LogP contribution in [-0.2, 0) is 9.84 Å². The minimum Gasteiger partial charge on any atom is -0.381 e. The van der Waals surface area contributed by atoms with Crippen molar-refractivity contribution in [3.05, 3.63) is 24.3 Å². The first-order valence-corrected chi connectivity index (χ1v) is 8.38. The Balaban J connectivity index is 2.29. The number of para-hydroxylation sites is 1. The van der Waals surface area contributed by atoms with Crippen molar-refractivity contribution in [2.24, 2.45) is 5.92 Å². The van der Waals surface area contributed by atoms with E-state index in [1.165, 1.54) is 18.2 Å². The van der Waals surface area contributed by atoms with Crippen molar-refractivity contribution in [2.45, 2.75) is 49.1 Å². The van der Waals surface area contributed by atoms with Crippen molar-refractivity contribution in [1.29, 1.82) is 0 Å². The molecule has 1 N–H and O–H groups in total. The van der Waals surface area contributed by atoms with Crippen LogP contribution in [0.25, 0.3) is 0 Å². The lowest BCUT2D eigenvalue weighted by Crippen LogP contribution is -2.28. The fourth-order valence-corrected chi connectivity index (χ4v) is 3.69. The maximum absolute atomic E-state index is 12.7. The largest absolute Gasteiger partial charge is 0.501 e. The van der Waals surface area contributed by atoms with Crippen molar-refractivity contribution in [3.8, 4) is 0 Å². The molecule has 1 fully saturated rings. The molecule has 0 aliphatic heterocycles. The fourth-order valence-electron chi connectivity index (χ4n) is 2.77. The molecule has 3 nitrogen and oxygen atoms in total. The highest BCUT2D eigenvalue weighted by Crippen LogP contribution is 2.36. The van der Waals surface area contributed by atoms with E-state index in [2.05, 4.69) is 5.32 Å². The van der Waals surface area contributed by atoms with Crippen molar-refractivity contribution >= 4 is 15.5 Å².